The molecule has 0 N–H and O–H groups in total. The third-order valence-corrected chi connectivity index (χ3v) is 12.7. The average Bonchev–Trinajstić information content (AvgIpc) is 3.97. The molecule has 3 aromatic heterocycles. The highest BCUT2D eigenvalue weighted by atomic mass is 32.1. The van der Waals surface area contributed by atoms with Crippen LogP contribution in [0.4, 0.5) is 17.1 Å². The lowest BCUT2D eigenvalue weighted by atomic mass is 10.0. The van der Waals surface area contributed by atoms with Gasteiger partial charge in [0, 0.05) is 53.4 Å². The summed E-state index contributed by atoms with van der Waals surface area (Å²) in [6.45, 7) is 0. The highest BCUT2D eigenvalue weighted by molar-refractivity contribution is 7.25. The number of para-hydroxylation sites is 2. The van der Waals surface area contributed by atoms with Crippen LogP contribution in [0.1, 0.15) is 0 Å². The quantitative estimate of drug-likeness (QED) is 0.168. The second kappa shape index (κ2) is 13.1. The van der Waals surface area contributed by atoms with Gasteiger partial charge in [0.25, 0.3) is 0 Å². The predicted molar refractivity (Wildman–Crippen MR) is 247 cm³/mol. The Morgan fingerprint density at radius 3 is 1.86 bits per heavy atom. The number of aromatic nitrogens is 1. The lowest BCUT2D eigenvalue weighted by molar-refractivity contribution is 0.669. The molecule has 0 aliphatic heterocycles. The number of hydrogen-bond donors (Lipinski definition) is 0. The van der Waals surface area contributed by atoms with E-state index in [1.54, 1.807) is 0 Å². The van der Waals surface area contributed by atoms with Crippen molar-refractivity contribution in [2.75, 3.05) is 4.90 Å². The molecule has 0 saturated carbocycles. The molecule has 12 aromatic rings. The van der Waals surface area contributed by atoms with Gasteiger partial charge in [-0.25, -0.2) is 0 Å². The van der Waals surface area contributed by atoms with Crippen LogP contribution in [0.15, 0.2) is 211 Å². The van der Waals surface area contributed by atoms with Crippen molar-refractivity contribution < 1.29 is 4.42 Å². The minimum atomic E-state index is 0.878. The summed E-state index contributed by atoms with van der Waals surface area (Å²) in [5.41, 5.74) is 13.4. The summed E-state index contributed by atoms with van der Waals surface area (Å²) in [6.07, 6.45) is 0. The molecule has 0 spiro atoms. The lowest BCUT2D eigenvalue weighted by Crippen LogP contribution is -2.10. The Bertz CT molecular complexity index is 3500. The summed E-state index contributed by atoms with van der Waals surface area (Å²) >= 11 is 1.85. The van der Waals surface area contributed by atoms with Crippen molar-refractivity contribution in [1.82, 2.24) is 4.57 Å². The van der Waals surface area contributed by atoms with Crippen molar-refractivity contribution in [3.63, 3.8) is 0 Å². The standard InChI is InChI=1S/C54H34N2OS/c1-2-11-35(12-3-1)36-21-28-40(29-22-36)56-47-16-7-4-13-42(47)46-33-38(25-32-48(46)56)37-23-26-39(27-24-37)55(41-30-31-44-43-14-6-9-20-52(43)58-53(44)34-41)49-17-10-19-51-54(49)45-15-5-8-18-50(45)57-51/h1-34H. The van der Waals surface area contributed by atoms with Gasteiger partial charge in [-0.1, -0.05) is 127 Å². The summed E-state index contributed by atoms with van der Waals surface area (Å²) in [5.74, 6) is 0. The molecule has 0 saturated heterocycles. The zero-order valence-electron chi connectivity index (χ0n) is 31.3. The molecule has 58 heavy (non-hydrogen) atoms. The molecule has 0 bridgehead atoms. The minimum Gasteiger partial charge on any atom is -0.456 e. The Morgan fingerprint density at radius 1 is 0.379 bits per heavy atom. The van der Waals surface area contributed by atoms with Gasteiger partial charge in [0.05, 0.1) is 22.1 Å². The van der Waals surface area contributed by atoms with Gasteiger partial charge in [0.15, 0.2) is 0 Å². The number of nitrogens with zero attached hydrogens (tertiary/aromatic N) is 2. The van der Waals surface area contributed by atoms with E-state index >= 15 is 0 Å². The van der Waals surface area contributed by atoms with Crippen LogP contribution in [-0.2, 0) is 0 Å². The van der Waals surface area contributed by atoms with Crippen LogP contribution < -0.4 is 4.90 Å². The van der Waals surface area contributed by atoms with E-state index in [1.807, 2.05) is 17.4 Å². The maximum atomic E-state index is 6.39. The third kappa shape index (κ3) is 5.19. The predicted octanol–water partition coefficient (Wildman–Crippen LogP) is 15.9. The average molecular weight is 759 g/mol. The number of rotatable bonds is 6. The number of fused-ring (bicyclic) bond motifs is 9. The summed E-state index contributed by atoms with van der Waals surface area (Å²) in [4.78, 5) is 2.39. The van der Waals surface area contributed by atoms with E-state index < -0.39 is 0 Å². The first-order valence-electron chi connectivity index (χ1n) is 19.7. The Labute approximate surface area is 338 Å². The second-order valence-electron chi connectivity index (χ2n) is 14.9. The van der Waals surface area contributed by atoms with Crippen LogP contribution in [0.25, 0.3) is 91.9 Å². The zero-order valence-corrected chi connectivity index (χ0v) is 32.2. The lowest BCUT2D eigenvalue weighted by Gasteiger charge is -2.26. The molecular weight excluding hydrogens is 725 g/mol. The molecule has 4 heteroatoms. The first-order chi connectivity index (χ1) is 28.7. The highest BCUT2D eigenvalue weighted by Crippen LogP contribution is 2.45. The largest absolute Gasteiger partial charge is 0.456 e. The van der Waals surface area contributed by atoms with Crippen LogP contribution in [0.3, 0.4) is 0 Å². The first-order valence-corrected chi connectivity index (χ1v) is 20.5. The van der Waals surface area contributed by atoms with Gasteiger partial charge in [-0.05, 0) is 101 Å². The van der Waals surface area contributed by atoms with Crippen LogP contribution in [-0.4, -0.2) is 4.57 Å². The van der Waals surface area contributed by atoms with Crippen molar-refractivity contribution >= 4 is 92.3 Å². The Kier molecular flexibility index (Phi) is 7.40. The SMILES string of the molecule is c1ccc(-c2ccc(-n3c4ccccc4c4cc(-c5ccc(N(c6ccc7c(c6)sc6ccccc67)c6cccc7oc8ccccc8c67)cc5)ccc43)cc2)cc1. The molecule has 0 radical (unpaired) electrons. The highest BCUT2D eigenvalue weighted by Gasteiger charge is 2.21. The van der Waals surface area contributed by atoms with Gasteiger partial charge in [-0.2, -0.15) is 0 Å². The summed E-state index contributed by atoms with van der Waals surface area (Å²) in [7, 11) is 0. The van der Waals surface area contributed by atoms with Gasteiger partial charge in [-0.15, -0.1) is 11.3 Å². The summed E-state index contributed by atoms with van der Waals surface area (Å²) < 4.78 is 11.3. The molecule has 0 aliphatic rings. The maximum absolute atomic E-state index is 6.39. The topological polar surface area (TPSA) is 21.3 Å². The summed E-state index contributed by atoms with van der Waals surface area (Å²) in [5, 5.41) is 7.28. The second-order valence-corrected chi connectivity index (χ2v) is 16.0. The van der Waals surface area contributed by atoms with E-state index in [9.17, 15) is 0 Å². The van der Waals surface area contributed by atoms with Crippen molar-refractivity contribution in [2.24, 2.45) is 0 Å². The van der Waals surface area contributed by atoms with Crippen molar-refractivity contribution in [1.29, 1.82) is 0 Å². The van der Waals surface area contributed by atoms with E-state index in [0.29, 0.717) is 0 Å². The molecule has 3 nitrogen and oxygen atoms in total. The molecule has 0 atom stereocenters. The van der Waals surface area contributed by atoms with Crippen molar-refractivity contribution in [2.45, 2.75) is 0 Å². The normalized spacial score (nSPS) is 11.8. The number of anilines is 3. The van der Waals surface area contributed by atoms with E-state index in [4.69, 9.17) is 4.42 Å². The smallest absolute Gasteiger partial charge is 0.137 e. The number of benzene rings is 9. The third-order valence-electron chi connectivity index (χ3n) is 11.6. The van der Waals surface area contributed by atoms with E-state index in [2.05, 4.69) is 210 Å². The fraction of sp³-hybridized carbons (Fsp3) is 0. The molecule has 0 fully saturated rings. The van der Waals surface area contributed by atoms with Gasteiger partial charge >= 0.3 is 0 Å². The zero-order chi connectivity index (χ0) is 38.2. The fourth-order valence-corrected chi connectivity index (χ4v) is 10.0. The fourth-order valence-electron chi connectivity index (χ4n) is 8.89. The van der Waals surface area contributed by atoms with Crippen LogP contribution >= 0.6 is 11.3 Å². The monoisotopic (exact) mass is 758 g/mol. The van der Waals surface area contributed by atoms with Gasteiger partial charge in [0.2, 0.25) is 0 Å². The maximum Gasteiger partial charge on any atom is 0.137 e. The number of hydrogen-bond acceptors (Lipinski definition) is 3. The molecular formula is C54H34N2OS. The Morgan fingerprint density at radius 2 is 1.00 bits per heavy atom. The van der Waals surface area contributed by atoms with E-state index in [0.717, 1.165) is 44.7 Å². The Hall–Kier alpha value is -7.40. The van der Waals surface area contributed by atoms with Crippen LogP contribution in [0.5, 0.6) is 0 Å². The minimum absolute atomic E-state index is 0.878. The number of thiophene rings is 1. The van der Waals surface area contributed by atoms with Gasteiger partial charge < -0.3 is 13.9 Å². The van der Waals surface area contributed by atoms with Gasteiger partial charge in [-0.3, -0.25) is 0 Å². The van der Waals surface area contributed by atoms with Crippen molar-refractivity contribution in [3.8, 4) is 27.9 Å². The first kappa shape index (κ1) is 32.8. The molecule has 0 unspecified atom stereocenters. The number of furan rings is 1. The summed E-state index contributed by atoms with van der Waals surface area (Å²) in [6, 6.07) is 74.4. The molecule has 0 amide bonds. The van der Waals surface area contributed by atoms with Gasteiger partial charge in [0.1, 0.15) is 11.2 Å². The molecule has 9 aromatic carbocycles. The van der Waals surface area contributed by atoms with Crippen LogP contribution in [0.2, 0.25) is 0 Å². The van der Waals surface area contributed by atoms with Crippen molar-refractivity contribution in [3.05, 3.63) is 206 Å². The molecule has 12 rings (SSSR count). The molecule has 0 aliphatic carbocycles. The van der Waals surface area contributed by atoms with E-state index in [-0.39, 0.29) is 0 Å². The molecule has 3 heterocycles. The van der Waals surface area contributed by atoms with Crippen LogP contribution in [0, 0.1) is 0 Å². The molecule has 272 valence electrons. The Balaban J connectivity index is 0.975. The van der Waals surface area contributed by atoms with E-state index in [1.165, 1.54) is 64.2 Å².